The number of rotatable bonds is 10. The van der Waals surface area contributed by atoms with Crippen LogP contribution in [-0.4, -0.2) is 23.8 Å². The van der Waals surface area contributed by atoms with Crippen LogP contribution in [0.1, 0.15) is 75.2 Å². The summed E-state index contributed by atoms with van der Waals surface area (Å²) in [6, 6.07) is 14.1. The molecular weight excluding hydrogens is 406 g/mol. The first kappa shape index (κ1) is 24.9. The van der Waals surface area contributed by atoms with Gasteiger partial charge in [-0.3, -0.25) is 25.2 Å². The fraction of sp³-hybridized carbons (Fsp3) is 0.400. The predicted octanol–water partition coefficient (Wildman–Crippen LogP) is 4.56. The van der Waals surface area contributed by atoms with Crippen molar-refractivity contribution in [3.05, 3.63) is 59.7 Å². The Morgan fingerprint density at radius 3 is 2.28 bits per heavy atom. The fourth-order valence-corrected chi connectivity index (χ4v) is 3.02. The number of carbonyl (C=O) groups is 3. The zero-order valence-electron chi connectivity index (χ0n) is 19.2. The molecule has 0 aliphatic heterocycles. The van der Waals surface area contributed by atoms with E-state index in [4.69, 9.17) is 4.74 Å². The highest BCUT2D eigenvalue weighted by Crippen LogP contribution is 2.29. The number of unbranched alkanes of at least 4 members (excludes halogenated alkanes) is 1. The Labute approximate surface area is 189 Å². The summed E-state index contributed by atoms with van der Waals surface area (Å²) in [6.45, 7) is 7.86. The van der Waals surface area contributed by atoms with E-state index in [1.165, 1.54) is 0 Å². The van der Waals surface area contributed by atoms with E-state index >= 15 is 0 Å². The van der Waals surface area contributed by atoms with Crippen molar-refractivity contribution >= 4 is 23.4 Å². The second-order valence-corrected chi connectivity index (χ2v) is 7.78. The summed E-state index contributed by atoms with van der Waals surface area (Å²) >= 11 is 0. The van der Waals surface area contributed by atoms with Crippen LogP contribution >= 0.6 is 0 Å². The molecule has 0 fully saturated rings. The molecule has 0 aromatic heterocycles. The standard InChI is InChI=1S/C25H33N3O4/c1-5-7-12-23(29)26-20-15-13-19(14-16-20)25(31)28-27-24(30)18(4)32-22-11-9-8-10-21(22)17(3)6-2/h8-11,13-18H,5-7,12H2,1-4H3,(H,26,29)(H,27,30)(H,28,31). The van der Waals surface area contributed by atoms with Gasteiger partial charge in [0.05, 0.1) is 0 Å². The Bertz CT molecular complexity index is 912. The van der Waals surface area contributed by atoms with Gasteiger partial charge >= 0.3 is 0 Å². The van der Waals surface area contributed by atoms with Gasteiger partial charge in [0.15, 0.2) is 6.10 Å². The molecule has 0 aliphatic carbocycles. The van der Waals surface area contributed by atoms with Crippen LogP contribution in [0.4, 0.5) is 5.69 Å². The molecule has 0 saturated heterocycles. The molecule has 0 bridgehead atoms. The molecule has 0 radical (unpaired) electrons. The quantitative estimate of drug-likeness (QED) is 0.473. The third kappa shape index (κ3) is 7.41. The van der Waals surface area contributed by atoms with Gasteiger partial charge in [-0.15, -0.1) is 0 Å². The van der Waals surface area contributed by atoms with Crippen LogP contribution < -0.4 is 20.9 Å². The SMILES string of the molecule is CCCCC(=O)Nc1ccc(C(=O)NNC(=O)C(C)Oc2ccccc2C(C)CC)cc1. The smallest absolute Gasteiger partial charge is 0.279 e. The Morgan fingerprint density at radius 1 is 0.938 bits per heavy atom. The van der Waals surface area contributed by atoms with E-state index in [9.17, 15) is 14.4 Å². The minimum atomic E-state index is -0.791. The van der Waals surface area contributed by atoms with E-state index in [1.807, 2.05) is 31.2 Å². The van der Waals surface area contributed by atoms with Gasteiger partial charge < -0.3 is 10.1 Å². The third-order valence-corrected chi connectivity index (χ3v) is 5.22. The summed E-state index contributed by atoms with van der Waals surface area (Å²) < 4.78 is 5.85. The number of hydrogen-bond donors (Lipinski definition) is 3. The normalized spacial score (nSPS) is 12.4. The molecule has 2 rings (SSSR count). The van der Waals surface area contributed by atoms with Crippen LogP contribution in [0.25, 0.3) is 0 Å². The molecule has 32 heavy (non-hydrogen) atoms. The molecule has 2 unspecified atom stereocenters. The maximum atomic E-state index is 12.4. The Kier molecular flexibility index (Phi) is 9.73. The lowest BCUT2D eigenvalue weighted by Crippen LogP contribution is -2.47. The van der Waals surface area contributed by atoms with E-state index < -0.39 is 17.9 Å². The maximum Gasteiger partial charge on any atom is 0.279 e. The predicted molar refractivity (Wildman–Crippen MR) is 125 cm³/mol. The number of benzene rings is 2. The largest absolute Gasteiger partial charge is 0.481 e. The van der Waals surface area contributed by atoms with E-state index in [2.05, 4.69) is 30.0 Å². The van der Waals surface area contributed by atoms with Gasteiger partial charge in [0.1, 0.15) is 5.75 Å². The molecular formula is C25H33N3O4. The molecule has 3 N–H and O–H groups in total. The number of ether oxygens (including phenoxy) is 1. The topological polar surface area (TPSA) is 96.5 Å². The summed E-state index contributed by atoms with van der Waals surface area (Å²) in [7, 11) is 0. The van der Waals surface area contributed by atoms with Gasteiger partial charge in [0.2, 0.25) is 5.91 Å². The molecule has 2 aromatic rings. The summed E-state index contributed by atoms with van der Waals surface area (Å²) in [5.74, 6) is -0.0142. The lowest BCUT2D eigenvalue weighted by molar-refractivity contribution is -0.128. The van der Waals surface area contributed by atoms with Crippen LogP contribution in [0.3, 0.4) is 0 Å². The first-order valence-electron chi connectivity index (χ1n) is 11.1. The van der Waals surface area contributed by atoms with Crippen molar-refractivity contribution in [3.63, 3.8) is 0 Å². The number of hydrazine groups is 1. The second-order valence-electron chi connectivity index (χ2n) is 7.78. The number of para-hydroxylation sites is 1. The fourth-order valence-electron chi connectivity index (χ4n) is 3.02. The highest BCUT2D eigenvalue weighted by molar-refractivity contribution is 5.97. The van der Waals surface area contributed by atoms with Crippen molar-refractivity contribution in [1.29, 1.82) is 0 Å². The van der Waals surface area contributed by atoms with Crippen LogP contribution in [0.15, 0.2) is 48.5 Å². The number of anilines is 1. The molecule has 2 aromatic carbocycles. The maximum absolute atomic E-state index is 12.4. The highest BCUT2D eigenvalue weighted by atomic mass is 16.5. The molecule has 0 spiro atoms. The lowest BCUT2D eigenvalue weighted by Gasteiger charge is -2.19. The highest BCUT2D eigenvalue weighted by Gasteiger charge is 2.18. The van der Waals surface area contributed by atoms with Crippen LogP contribution in [0.5, 0.6) is 5.75 Å². The van der Waals surface area contributed by atoms with Crippen molar-refractivity contribution < 1.29 is 19.1 Å². The first-order valence-corrected chi connectivity index (χ1v) is 11.1. The molecule has 0 saturated carbocycles. The van der Waals surface area contributed by atoms with E-state index in [0.29, 0.717) is 29.3 Å². The zero-order valence-corrected chi connectivity index (χ0v) is 19.2. The van der Waals surface area contributed by atoms with Crippen molar-refractivity contribution in [2.45, 2.75) is 65.4 Å². The van der Waals surface area contributed by atoms with Gasteiger partial charge in [-0.25, -0.2) is 0 Å². The average Bonchev–Trinajstić information content (AvgIpc) is 2.81. The monoisotopic (exact) mass is 439 g/mol. The first-order chi connectivity index (χ1) is 15.3. The Balaban J connectivity index is 1.87. The van der Waals surface area contributed by atoms with Crippen LogP contribution in [0, 0.1) is 0 Å². The lowest BCUT2D eigenvalue weighted by atomic mass is 9.98. The minimum absolute atomic E-state index is 0.0554. The summed E-state index contributed by atoms with van der Waals surface area (Å²) in [5.41, 5.74) is 6.81. The Morgan fingerprint density at radius 2 is 1.62 bits per heavy atom. The summed E-state index contributed by atoms with van der Waals surface area (Å²) in [5, 5.41) is 2.79. The van der Waals surface area contributed by atoms with Crippen molar-refractivity contribution in [2.75, 3.05) is 5.32 Å². The minimum Gasteiger partial charge on any atom is -0.481 e. The summed E-state index contributed by atoms with van der Waals surface area (Å²) in [6.07, 6.45) is 2.41. The molecule has 0 heterocycles. The number of amides is 3. The van der Waals surface area contributed by atoms with E-state index in [1.54, 1.807) is 31.2 Å². The molecule has 7 nitrogen and oxygen atoms in total. The van der Waals surface area contributed by atoms with Crippen molar-refractivity contribution in [3.8, 4) is 5.75 Å². The Hall–Kier alpha value is -3.35. The molecule has 0 aliphatic rings. The molecule has 2 atom stereocenters. The molecule has 7 heteroatoms. The number of hydrogen-bond acceptors (Lipinski definition) is 4. The van der Waals surface area contributed by atoms with E-state index in [-0.39, 0.29) is 5.91 Å². The van der Waals surface area contributed by atoms with Crippen LogP contribution in [-0.2, 0) is 9.59 Å². The van der Waals surface area contributed by atoms with Gasteiger partial charge in [-0.1, -0.05) is 45.4 Å². The summed E-state index contributed by atoms with van der Waals surface area (Å²) in [4.78, 5) is 36.5. The van der Waals surface area contributed by atoms with Gasteiger partial charge in [0.25, 0.3) is 11.8 Å². The molecule has 172 valence electrons. The van der Waals surface area contributed by atoms with Crippen molar-refractivity contribution in [1.82, 2.24) is 10.9 Å². The molecule has 3 amide bonds. The van der Waals surface area contributed by atoms with Gasteiger partial charge in [-0.05, 0) is 61.6 Å². The van der Waals surface area contributed by atoms with Crippen LogP contribution in [0.2, 0.25) is 0 Å². The number of nitrogens with one attached hydrogen (secondary N) is 3. The zero-order chi connectivity index (χ0) is 23.5. The van der Waals surface area contributed by atoms with E-state index in [0.717, 1.165) is 24.8 Å². The third-order valence-electron chi connectivity index (χ3n) is 5.22. The van der Waals surface area contributed by atoms with Gasteiger partial charge in [0, 0.05) is 17.7 Å². The number of carbonyl (C=O) groups excluding carboxylic acids is 3. The van der Waals surface area contributed by atoms with Crippen molar-refractivity contribution in [2.24, 2.45) is 0 Å². The second kappa shape index (κ2) is 12.5. The average molecular weight is 440 g/mol. The van der Waals surface area contributed by atoms with Gasteiger partial charge in [-0.2, -0.15) is 0 Å².